The molecule has 0 spiro atoms. The quantitative estimate of drug-likeness (QED) is 0.376. The molecular weight excluding hydrogens is 412 g/mol. The Morgan fingerprint density at radius 3 is 2.68 bits per heavy atom. The Labute approximate surface area is 184 Å². The summed E-state index contributed by atoms with van der Waals surface area (Å²) < 4.78 is 2.29. The van der Waals surface area contributed by atoms with E-state index < -0.39 is 5.91 Å². The van der Waals surface area contributed by atoms with Crippen LogP contribution in [0.5, 0.6) is 0 Å². The number of amides is 2. The molecule has 2 aliphatic heterocycles. The number of benzene rings is 2. The first-order chi connectivity index (χ1) is 15.0. The van der Waals surface area contributed by atoms with E-state index in [2.05, 4.69) is 21.6 Å². The molecular formula is C23H22N4O3S. The molecule has 0 radical (unpaired) electrons. The first-order valence-corrected chi connectivity index (χ1v) is 10.6. The van der Waals surface area contributed by atoms with Gasteiger partial charge in [-0.2, -0.15) is 0 Å². The molecule has 2 aromatic carbocycles. The zero-order chi connectivity index (χ0) is 21.7. The van der Waals surface area contributed by atoms with Gasteiger partial charge in [0.15, 0.2) is 5.11 Å². The maximum Gasteiger partial charge on any atom is 0.274 e. The minimum atomic E-state index is -0.533. The minimum absolute atomic E-state index is 0.0867. The molecule has 31 heavy (non-hydrogen) atoms. The fraction of sp³-hybridized carbons (Fsp3) is 0.261. The van der Waals surface area contributed by atoms with Crippen LogP contribution in [-0.2, 0) is 24.3 Å². The number of aromatic nitrogens is 1. The molecule has 1 unspecified atom stereocenters. The lowest BCUT2D eigenvalue weighted by Gasteiger charge is -2.37. The van der Waals surface area contributed by atoms with Crippen molar-refractivity contribution in [3.63, 3.8) is 0 Å². The lowest BCUT2D eigenvalue weighted by atomic mass is 9.96. The SMILES string of the molecule is CN1C(=O)C2Cc3c(n(Cc4ccc(C(=O)NO)cc4)c4ccccc34)CN(C2)C1=S. The van der Waals surface area contributed by atoms with Crippen LogP contribution in [0.4, 0.5) is 0 Å². The average molecular weight is 435 g/mol. The van der Waals surface area contributed by atoms with Gasteiger partial charge in [-0.1, -0.05) is 30.3 Å². The van der Waals surface area contributed by atoms with E-state index in [1.807, 2.05) is 24.3 Å². The van der Waals surface area contributed by atoms with E-state index in [0.29, 0.717) is 36.7 Å². The molecule has 0 saturated carbocycles. The summed E-state index contributed by atoms with van der Waals surface area (Å²) in [5.41, 5.74) is 6.60. The molecule has 7 nitrogen and oxygen atoms in total. The molecule has 8 heteroatoms. The van der Waals surface area contributed by atoms with Gasteiger partial charge in [-0.15, -0.1) is 0 Å². The first-order valence-electron chi connectivity index (χ1n) is 10.2. The molecule has 2 N–H and O–H groups in total. The van der Waals surface area contributed by atoms with Gasteiger partial charge in [0.25, 0.3) is 5.91 Å². The highest BCUT2D eigenvalue weighted by molar-refractivity contribution is 7.80. The zero-order valence-electron chi connectivity index (χ0n) is 17.0. The average Bonchev–Trinajstić information content (AvgIpc) is 2.96. The number of hydroxylamine groups is 1. The second-order valence-electron chi connectivity index (χ2n) is 8.13. The third kappa shape index (κ3) is 3.19. The third-order valence-corrected chi connectivity index (χ3v) is 6.85. The molecule has 1 saturated heterocycles. The summed E-state index contributed by atoms with van der Waals surface area (Å²) >= 11 is 5.57. The van der Waals surface area contributed by atoms with Gasteiger partial charge in [0.1, 0.15) is 0 Å². The van der Waals surface area contributed by atoms with Crippen molar-refractivity contribution in [1.29, 1.82) is 0 Å². The van der Waals surface area contributed by atoms with Gasteiger partial charge in [0, 0.05) is 42.3 Å². The maximum atomic E-state index is 12.8. The van der Waals surface area contributed by atoms with Crippen LogP contribution in [-0.4, -0.2) is 50.1 Å². The fourth-order valence-electron chi connectivity index (χ4n) is 4.74. The summed E-state index contributed by atoms with van der Waals surface area (Å²) in [4.78, 5) is 28.2. The number of thiocarbonyl (C=S) groups is 1. The van der Waals surface area contributed by atoms with E-state index in [1.165, 1.54) is 16.6 Å². The Hall–Kier alpha value is -3.23. The molecule has 3 aromatic rings. The first kappa shape index (κ1) is 19.7. The Bertz CT molecular complexity index is 1220. The monoisotopic (exact) mass is 434 g/mol. The number of carbonyl (C=O) groups is 2. The van der Waals surface area contributed by atoms with E-state index in [9.17, 15) is 9.59 Å². The molecule has 158 valence electrons. The Kier molecular flexibility index (Phi) is 4.75. The van der Waals surface area contributed by atoms with Crippen molar-refractivity contribution in [1.82, 2.24) is 19.8 Å². The van der Waals surface area contributed by atoms with Crippen LogP contribution in [0.2, 0.25) is 0 Å². The smallest absolute Gasteiger partial charge is 0.274 e. The topological polar surface area (TPSA) is 77.8 Å². The van der Waals surface area contributed by atoms with Crippen LogP contribution >= 0.6 is 12.2 Å². The van der Waals surface area contributed by atoms with Gasteiger partial charge in [-0.3, -0.25) is 19.7 Å². The lowest BCUT2D eigenvalue weighted by Crippen LogP contribution is -2.54. The number of carbonyl (C=O) groups excluding carboxylic acids is 2. The Morgan fingerprint density at radius 2 is 1.94 bits per heavy atom. The fourth-order valence-corrected chi connectivity index (χ4v) is 4.97. The molecule has 2 aliphatic rings. The lowest BCUT2D eigenvalue weighted by molar-refractivity contribution is -0.133. The van der Waals surface area contributed by atoms with E-state index in [1.54, 1.807) is 29.6 Å². The molecule has 3 heterocycles. The van der Waals surface area contributed by atoms with Crippen LogP contribution in [0.3, 0.4) is 0 Å². The van der Waals surface area contributed by atoms with E-state index in [0.717, 1.165) is 11.1 Å². The number of nitrogens with one attached hydrogen (secondary N) is 1. The highest BCUT2D eigenvalue weighted by Crippen LogP contribution is 2.35. The summed E-state index contributed by atoms with van der Waals surface area (Å²) in [6.07, 6.45) is 0.695. The highest BCUT2D eigenvalue weighted by atomic mass is 32.1. The van der Waals surface area contributed by atoms with Gasteiger partial charge >= 0.3 is 0 Å². The van der Waals surface area contributed by atoms with E-state index >= 15 is 0 Å². The molecule has 1 fully saturated rings. The van der Waals surface area contributed by atoms with Gasteiger partial charge < -0.3 is 9.47 Å². The summed E-state index contributed by atoms with van der Waals surface area (Å²) in [5.74, 6) is -0.550. The van der Waals surface area contributed by atoms with Crippen molar-refractivity contribution in [2.45, 2.75) is 19.5 Å². The van der Waals surface area contributed by atoms with E-state index in [-0.39, 0.29) is 11.8 Å². The van der Waals surface area contributed by atoms with Gasteiger partial charge in [-0.05, 0) is 48.0 Å². The predicted molar refractivity (Wildman–Crippen MR) is 120 cm³/mol. The summed E-state index contributed by atoms with van der Waals surface area (Å²) in [5, 5.41) is 10.6. The molecule has 5 rings (SSSR count). The zero-order valence-corrected chi connectivity index (χ0v) is 17.9. The number of nitrogens with zero attached hydrogens (tertiary/aromatic N) is 3. The molecule has 1 atom stereocenters. The maximum absolute atomic E-state index is 12.8. The summed E-state index contributed by atoms with van der Waals surface area (Å²) in [6.45, 7) is 1.93. The van der Waals surface area contributed by atoms with Crippen LogP contribution < -0.4 is 5.48 Å². The Balaban J connectivity index is 1.59. The molecule has 2 bridgehead atoms. The van der Waals surface area contributed by atoms with Crippen molar-refractivity contribution in [2.75, 3.05) is 13.6 Å². The van der Waals surface area contributed by atoms with Gasteiger partial charge in [0.2, 0.25) is 5.91 Å². The number of para-hydroxylation sites is 1. The normalized spacial score (nSPS) is 18.2. The highest BCUT2D eigenvalue weighted by Gasteiger charge is 2.39. The van der Waals surface area contributed by atoms with Crippen molar-refractivity contribution >= 4 is 40.0 Å². The Morgan fingerprint density at radius 1 is 1.19 bits per heavy atom. The van der Waals surface area contributed by atoms with Gasteiger partial charge in [-0.25, -0.2) is 5.48 Å². The second-order valence-corrected chi connectivity index (χ2v) is 8.49. The van der Waals surface area contributed by atoms with Crippen LogP contribution in [0, 0.1) is 5.92 Å². The summed E-state index contributed by atoms with van der Waals surface area (Å²) in [7, 11) is 1.76. The van der Waals surface area contributed by atoms with Crippen molar-refractivity contribution in [3.8, 4) is 0 Å². The van der Waals surface area contributed by atoms with E-state index in [4.69, 9.17) is 17.4 Å². The van der Waals surface area contributed by atoms with Crippen LogP contribution in [0.15, 0.2) is 48.5 Å². The number of hydrogen-bond acceptors (Lipinski definition) is 4. The van der Waals surface area contributed by atoms with Crippen LogP contribution in [0.25, 0.3) is 10.9 Å². The predicted octanol–water partition coefficient (Wildman–Crippen LogP) is 2.54. The third-order valence-electron chi connectivity index (χ3n) is 6.32. The number of fused-ring (bicyclic) bond motifs is 5. The van der Waals surface area contributed by atoms with Gasteiger partial charge in [0.05, 0.1) is 12.5 Å². The van der Waals surface area contributed by atoms with Crippen molar-refractivity contribution in [2.24, 2.45) is 5.92 Å². The van der Waals surface area contributed by atoms with Crippen molar-refractivity contribution in [3.05, 3.63) is 70.9 Å². The summed E-state index contributed by atoms with van der Waals surface area (Å²) in [6, 6.07) is 15.5. The minimum Gasteiger partial charge on any atom is -0.342 e. The molecule has 2 amide bonds. The largest absolute Gasteiger partial charge is 0.342 e. The molecule has 0 aliphatic carbocycles. The molecule has 1 aromatic heterocycles. The standard InChI is InChI=1S/C23H22N4O3S/c1-25-22(29)16-10-18-17-4-2-3-5-19(17)27(20(18)13-26(12-16)23(25)31)11-14-6-8-15(9-7-14)21(28)24-30/h2-9,16,30H,10-13H2,1H3,(H,24,28). The number of hydrogen-bond donors (Lipinski definition) is 2. The van der Waals surface area contributed by atoms with Crippen molar-refractivity contribution < 1.29 is 14.8 Å². The van der Waals surface area contributed by atoms with Crippen LogP contribution in [0.1, 0.15) is 27.2 Å². The second kappa shape index (κ2) is 7.47. The number of rotatable bonds is 3.